The molecule has 1 aromatic heterocycles. The van der Waals surface area contributed by atoms with Crippen molar-refractivity contribution in [1.82, 2.24) is 4.98 Å². The predicted molar refractivity (Wildman–Crippen MR) is 78.8 cm³/mol. The maximum absolute atomic E-state index is 11.9. The van der Waals surface area contributed by atoms with E-state index in [1.54, 1.807) is 6.92 Å². The SMILES string of the molecule is CCOC(=O)[C@@H](Cc1ccc2[nH]c(C)cc2c1)OCC. The van der Waals surface area contributed by atoms with E-state index in [1.807, 2.05) is 26.0 Å². The van der Waals surface area contributed by atoms with Gasteiger partial charge in [-0.3, -0.25) is 0 Å². The molecule has 20 heavy (non-hydrogen) atoms. The number of carbonyl (C=O) groups is 1. The Bertz CT molecular complexity index is 588. The van der Waals surface area contributed by atoms with Crippen LogP contribution in [0.15, 0.2) is 24.3 Å². The number of nitrogens with one attached hydrogen (secondary N) is 1. The normalized spacial score (nSPS) is 12.6. The first-order chi connectivity index (χ1) is 9.63. The fourth-order valence-electron chi connectivity index (χ4n) is 2.31. The molecule has 1 aromatic carbocycles. The Morgan fingerprint density at radius 2 is 2.05 bits per heavy atom. The van der Waals surface area contributed by atoms with Crippen molar-refractivity contribution >= 4 is 16.9 Å². The van der Waals surface area contributed by atoms with Crippen LogP contribution in [-0.4, -0.2) is 30.3 Å². The van der Waals surface area contributed by atoms with E-state index in [1.165, 1.54) is 0 Å². The Balaban J connectivity index is 2.16. The van der Waals surface area contributed by atoms with E-state index in [9.17, 15) is 4.79 Å². The first-order valence-electron chi connectivity index (χ1n) is 7.00. The van der Waals surface area contributed by atoms with Gasteiger partial charge in [-0.05, 0) is 49.9 Å². The smallest absolute Gasteiger partial charge is 0.335 e. The third-order valence-electron chi connectivity index (χ3n) is 3.16. The van der Waals surface area contributed by atoms with Crippen LogP contribution < -0.4 is 0 Å². The second-order valence-electron chi connectivity index (χ2n) is 4.77. The van der Waals surface area contributed by atoms with E-state index < -0.39 is 6.10 Å². The van der Waals surface area contributed by atoms with E-state index in [0.717, 1.165) is 22.2 Å². The van der Waals surface area contributed by atoms with Gasteiger partial charge in [-0.2, -0.15) is 0 Å². The minimum atomic E-state index is -0.530. The lowest BCUT2D eigenvalue weighted by Gasteiger charge is -2.15. The molecule has 0 aliphatic heterocycles. The fourth-order valence-corrected chi connectivity index (χ4v) is 2.31. The highest BCUT2D eigenvalue weighted by Gasteiger charge is 2.20. The average molecular weight is 275 g/mol. The molecule has 108 valence electrons. The summed E-state index contributed by atoms with van der Waals surface area (Å²) >= 11 is 0. The van der Waals surface area contributed by atoms with Crippen LogP contribution in [0.4, 0.5) is 0 Å². The van der Waals surface area contributed by atoms with Gasteiger partial charge in [0, 0.05) is 24.2 Å². The van der Waals surface area contributed by atoms with E-state index >= 15 is 0 Å². The quantitative estimate of drug-likeness (QED) is 0.825. The third-order valence-corrected chi connectivity index (χ3v) is 3.16. The molecule has 0 saturated carbocycles. The number of aromatic nitrogens is 1. The van der Waals surface area contributed by atoms with Crippen LogP contribution in [-0.2, 0) is 20.7 Å². The molecule has 2 aromatic rings. The minimum absolute atomic E-state index is 0.292. The highest BCUT2D eigenvalue weighted by Crippen LogP contribution is 2.18. The number of fused-ring (bicyclic) bond motifs is 1. The average Bonchev–Trinajstić information content (AvgIpc) is 2.78. The van der Waals surface area contributed by atoms with Crippen molar-refractivity contribution in [3.8, 4) is 0 Å². The number of hydrogen-bond acceptors (Lipinski definition) is 3. The number of carbonyl (C=O) groups excluding carboxylic acids is 1. The number of ether oxygens (including phenoxy) is 2. The molecule has 0 radical (unpaired) electrons. The van der Waals surface area contributed by atoms with Crippen molar-refractivity contribution in [1.29, 1.82) is 0 Å². The van der Waals surface area contributed by atoms with E-state index in [4.69, 9.17) is 9.47 Å². The van der Waals surface area contributed by atoms with Gasteiger partial charge in [-0.25, -0.2) is 4.79 Å². The Morgan fingerprint density at radius 1 is 1.25 bits per heavy atom. The van der Waals surface area contributed by atoms with Gasteiger partial charge in [0.05, 0.1) is 6.61 Å². The maximum atomic E-state index is 11.9. The molecule has 0 spiro atoms. The molecule has 2 rings (SSSR count). The van der Waals surface area contributed by atoms with Crippen molar-refractivity contribution in [3.63, 3.8) is 0 Å². The molecule has 0 aliphatic rings. The van der Waals surface area contributed by atoms with Crippen LogP contribution in [0.1, 0.15) is 25.1 Å². The molecular formula is C16H21NO3. The van der Waals surface area contributed by atoms with Gasteiger partial charge >= 0.3 is 5.97 Å². The van der Waals surface area contributed by atoms with Crippen molar-refractivity contribution in [2.75, 3.05) is 13.2 Å². The van der Waals surface area contributed by atoms with Crippen LogP contribution in [0, 0.1) is 6.92 Å². The summed E-state index contributed by atoms with van der Waals surface area (Å²) < 4.78 is 10.5. The van der Waals surface area contributed by atoms with Gasteiger partial charge in [-0.1, -0.05) is 6.07 Å². The van der Waals surface area contributed by atoms with Gasteiger partial charge in [0.25, 0.3) is 0 Å². The number of benzene rings is 1. The lowest BCUT2D eigenvalue weighted by Crippen LogP contribution is -2.28. The fraction of sp³-hybridized carbons (Fsp3) is 0.438. The summed E-state index contributed by atoms with van der Waals surface area (Å²) in [6.45, 7) is 6.58. The van der Waals surface area contributed by atoms with Crippen molar-refractivity contribution < 1.29 is 14.3 Å². The summed E-state index contributed by atoms with van der Waals surface area (Å²) in [7, 11) is 0. The second-order valence-corrected chi connectivity index (χ2v) is 4.77. The number of aromatic amines is 1. The Morgan fingerprint density at radius 3 is 2.75 bits per heavy atom. The largest absolute Gasteiger partial charge is 0.464 e. The summed E-state index contributed by atoms with van der Waals surface area (Å²) in [6, 6.07) is 8.23. The zero-order chi connectivity index (χ0) is 14.5. The summed E-state index contributed by atoms with van der Waals surface area (Å²) in [4.78, 5) is 15.1. The highest BCUT2D eigenvalue weighted by molar-refractivity contribution is 5.81. The van der Waals surface area contributed by atoms with Gasteiger partial charge in [-0.15, -0.1) is 0 Å². The van der Waals surface area contributed by atoms with Crippen LogP contribution in [0.25, 0.3) is 10.9 Å². The van der Waals surface area contributed by atoms with E-state index in [2.05, 4.69) is 17.1 Å². The van der Waals surface area contributed by atoms with Gasteiger partial charge in [0.15, 0.2) is 6.10 Å². The molecule has 4 heteroatoms. The second kappa shape index (κ2) is 6.57. The standard InChI is InChI=1S/C16H21NO3/c1-4-19-15(16(18)20-5-2)10-12-6-7-14-13(9-12)8-11(3)17-14/h6-9,15,17H,4-5,10H2,1-3H3/t15-/m1/s1. The summed E-state index contributed by atoms with van der Waals surface area (Å²) in [5.41, 5.74) is 3.31. The number of rotatable bonds is 6. The monoisotopic (exact) mass is 275 g/mol. The van der Waals surface area contributed by atoms with E-state index in [0.29, 0.717) is 19.6 Å². The Kier molecular flexibility index (Phi) is 4.79. The zero-order valence-corrected chi connectivity index (χ0v) is 12.2. The van der Waals surface area contributed by atoms with Gasteiger partial charge < -0.3 is 14.5 Å². The lowest BCUT2D eigenvalue weighted by atomic mass is 10.1. The molecule has 1 heterocycles. The first kappa shape index (κ1) is 14.6. The maximum Gasteiger partial charge on any atom is 0.335 e. The van der Waals surface area contributed by atoms with Crippen molar-refractivity contribution in [2.45, 2.75) is 33.3 Å². The molecular weight excluding hydrogens is 254 g/mol. The number of aryl methyl sites for hydroxylation is 1. The van der Waals surface area contributed by atoms with Crippen LogP contribution in [0.2, 0.25) is 0 Å². The Hall–Kier alpha value is -1.81. The molecule has 0 aliphatic carbocycles. The minimum Gasteiger partial charge on any atom is -0.464 e. The van der Waals surface area contributed by atoms with Crippen LogP contribution >= 0.6 is 0 Å². The molecule has 0 unspecified atom stereocenters. The first-order valence-corrected chi connectivity index (χ1v) is 7.00. The predicted octanol–water partition coefficient (Wildman–Crippen LogP) is 2.99. The van der Waals surface area contributed by atoms with Crippen molar-refractivity contribution in [3.05, 3.63) is 35.5 Å². The number of H-pyrrole nitrogens is 1. The van der Waals surface area contributed by atoms with E-state index in [-0.39, 0.29) is 5.97 Å². The highest BCUT2D eigenvalue weighted by atomic mass is 16.6. The number of esters is 1. The third kappa shape index (κ3) is 3.39. The number of hydrogen-bond donors (Lipinski definition) is 1. The lowest BCUT2D eigenvalue weighted by molar-refractivity contribution is -0.156. The Labute approximate surface area is 119 Å². The van der Waals surface area contributed by atoms with Gasteiger partial charge in [0.2, 0.25) is 0 Å². The molecule has 4 nitrogen and oxygen atoms in total. The van der Waals surface area contributed by atoms with Crippen molar-refractivity contribution in [2.24, 2.45) is 0 Å². The molecule has 1 N–H and O–H groups in total. The van der Waals surface area contributed by atoms with Gasteiger partial charge in [0.1, 0.15) is 0 Å². The summed E-state index contributed by atoms with van der Waals surface area (Å²) in [6.07, 6.45) is 0.00442. The molecule has 0 bridgehead atoms. The van der Waals surface area contributed by atoms with Crippen LogP contribution in [0.3, 0.4) is 0 Å². The molecule has 1 atom stereocenters. The van der Waals surface area contributed by atoms with Crippen LogP contribution in [0.5, 0.6) is 0 Å². The molecule has 0 saturated heterocycles. The molecule has 0 amide bonds. The molecule has 0 fully saturated rings. The summed E-state index contributed by atoms with van der Waals surface area (Å²) in [5.74, 6) is -0.292. The summed E-state index contributed by atoms with van der Waals surface area (Å²) in [5, 5.41) is 1.15. The zero-order valence-electron chi connectivity index (χ0n) is 12.2. The topological polar surface area (TPSA) is 51.3 Å².